The van der Waals surface area contributed by atoms with Gasteiger partial charge < -0.3 is 4.57 Å². The van der Waals surface area contributed by atoms with Crippen molar-refractivity contribution in [3.63, 3.8) is 0 Å². The lowest BCUT2D eigenvalue weighted by molar-refractivity contribution is -0.118. The van der Waals surface area contributed by atoms with Gasteiger partial charge in [-0.25, -0.2) is 13.8 Å². The molecule has 2 heterocycles. The standard InChI is InChI=1S/C32H34F2N4O/c33-26-12-10-25(11-13-26)31-22-38(29-17-14-27(34)15-18-29)32(36-31)21-30(39)19-9-24-4-1-3-23(6-7-24)8-16-28-5-2-20-35-37-28/h2,5,10-15,17-18,20,22-24H,1,3-4,6-9,16,19,21H2. The number of ketones is 1. The summed E-state index contributed by atoms with van der Waals surface area (Å²) in [5.41, 5.74) is 3.21. The lowest BCUT2D eigenvalue weighted by Crippen LogP contribution is -2.11. The highest BCUT2D eigenvalue weighted by molar-refractivity contribution is 5.80. The average Bonchev–Trinajstić information content (AvgIpc) is 3.22. The Bertz CT molecular complexity index is 1350. The van der Waals surface area contributed by atoms with E-state index in [0.29, 0.717) is 29.8 Å². The highest BCUT2D eigenvalue weighted by atomic mass is 19.1. The summed E-state index contributed by atoms with van der Waals surface area (Å²) in [6.45, 7) is 0. The Morgan fingerprint density at radius 1 is 0.872 bits per heavy atom. The number of halogens is 2. The monoisotopic (exact) mass is 528 g/mol. The van der Waals surface area contributed by atoms with E-state index in [0.717, 1.165) is 42.6 Å². The summed E-state index contributed by atoms with van der Waals surface area (Å²) >= 11 is 0. The van der Waals surface area contributed by atoms with Gasteiger partial charge in [0.15, 0.2) is 0 Å². The molecule has 7 heteroatoms. The van der Waals surface area contributed by atoms with E-state index in [1.54, 1.807) is 30.5 Å². The van der Waals surface area contributed by atoms with Crippen LogP contribution < -0.4 is 0 Å². The number of imidazole rings is 1. The van der Waals surface area contributed by atoms with Crippen molar-refractivity contribution in [2.24, 2.45) is 11.8 Å². The SMILES string of the molecule is O=C(CCC1CCCC(CCc2cccnn2)CC1)Cc1nc(-c2ccc(F)cc2)cn1-c1ccc(F)cc1. The van der Waals surface area contributed by atoms with E-state index in [1.807, 2.05) is 22.9 Å². The summed E-state index contributed by atoms with van der Waals surface area (Å²) < 4.78 is 28.8. The van der Waals surface area contributed by atoms with Crippen LogP contribution >= 0.6 is 0 Å². The Labute approximate surface area is 228 Å². The number of carbonyl (C=O) groups is 1. The van der Waals surface area contributed by atoms with Crippen molar-refractivity contribution in [3.05, 3.63) is 96.2 Å². The molecule has 5 rings (SSSR count). The Hall–Kier alpha value is -3.74. The minimum Gasteiger partial charge on any atom is -0.303 e. The maximum atomic E-state index is 13.6. The van der Waals surface area contributed by atoms with Gasteiger partial charge in [-0.15, -0.1) is 0 Å². The first kappa shape index (κ1) is 26.9. The first-order valence-corrected chi connectivity index (χ1v) is 13.9. The van der Waals surface area contributed by atoms with E-state index in [9.17, 15) is 13.6 Å². The zero-order chi connectivity index (χ0) is 27.0. The van der Waals surface area contributed by atoms with Gasteiger partial charge >= 0.3 is 0 Å². The molecule has 39 heavy (non-hydrogen) atoms. The maximum Gasteiger partial charge on any atom is 0.140 e. The van der Waals surface area contributed by atoms with E-state index in [2.05, 4.69) is 10.2 Å². The fourth-order valence-electron chi connectivity index (χ4n) is 5.61. The summed E-state index contributed by atoms with van der Waals surface area (Å²) in [6, 6.07) is 16.2. The van der Waals surface area contributed by atoms with Gasteiger partial charge in [-0.05, 0) is 91.8 Å². The van der Waals surface area contributed by atoms with Crippen molar-refractivity contribution in [2.45, 2.75) is 64.2 Å². The van der Waals surface area contributed by atoms with Crippen molar-refractivity contribution in [3.8, 4) is 16.9 Å². The molecule has 0 bridgehead atoms. The Balaban J connectivity index is 1.19. The van der Waals surface area contributed by atoms with Gasteiger partial charge in [0.1, 0.15) is 23.2 Å². The van der Waals surface area contributed by atoms with Crippen LogP contribution in [-0.4, -0.2) is 25.5 Å². The van der Waals surface area contributed by atoms with Gasteiger partial charge in [-0.2, -0.15) is 10.2 Å². The van der Waals surface area contributed by atoms with Crippen LogP contribution in [0.3, 0.4) is 0 Å². The summed E-state index contributed by atoms with van der Waals surface area (Å²) in [5, 5.41) is 8.19. The first-order chi connectivity index (χ1) is 19.0. The molecule has 0 spiro atoms. The van der Waals surface area contributed by atoms with Gasteiger partial charge in [-0.1, -0.05) is 32.1 Å². The van der Waals surface area contributed by atoms with Crippen LogP contribution in [-0.2, 0) is 17.6 Å². The topological polar surface area (TPSA) is 60.7 Å². The maximum absolute atomic E-state index is 13.6. The zero-order valence-electron chi connectivity index (χ0n) is 22.1. The van der Waals surface area contributed by atoms with Crippen molar-refractivity contribution in [2.75, 3.05) is 0 Å². The molecule has 0 N–H and O–H groups in total. The summed E-state index contributed by atoms with van der Waals surface area (Å²) in [4.78, 5) is 17.8. The molecule has 2 unspecified atom stereocenters. The third kappa shape index (κ3) is 7.43. The van der Waals surface area contributed by atoms with Gasteiger partial charge in [0.25, 0.3) is 0 Å². The van der Waals surface area contributed by atoms with Crippen molar-refractivity contribution >= 4 is 5.78 Å². The van der Waals surface area contributed by atoms with Crippen LogP contribution in [0.2, 0.25) is 0 Å². The Morgan fingerprint density at radius 3 is 2.26 bits per heavy atom. The van der Waals surface area contributed by atoms with E-state index in [1.165, 1.54) is 49.9 Å². The molecule has 1 saturated carbocycles. The van der Waals surface area contributed by atoms with E-state index in [4.69, 9.17) is 4.98 Å². The Morgan fingerprint density at radius 2 is 1.56 bits per heavy atom. The number of aromatic nitrogens is 4. The summed E-state index contributed by atoms with van der Waals surface area (Å²) in [7, 11) is 0. The molecule has 0 amide bonds. The molecule has 0 radical (unpaired) electrons. The third-order valence-electron chi connectivity index (χ3n) is 7.85. The summed E-state index contributed by atoms with van der Waals surface area (Å²) in [6.07, 6.45) is 13.3. The fraction of sp³-hybridized carbons (Fsp3) is 0.375. The second-order valence-electron chi connectivity index (χ2n) is 10.6. The van der Waals surface area contributed by atoms with Crippen LogP contribution in [0.15, 0.2) is 73.1 Å². The van der Waals surface area contributed by atoms with Crippen LogP contribution in [0.25, 0.3) is 16.9 Å². The van der Waals surface area contributed by atoms with E-state index < -0.39 is 0 Å². The second-order valence-corrected chi connectivity index (χ2v) is 10.6. The smallest absolute Gasteiger partial charge is 0.140 e. The molecular weight excluding hydrogens is 494 g/mol. The molecule has 4 aromatic rings. The molecule has 2 aromatic heterocycles. The molecule has 1 aliphatic carbocycles. The molecule has 2 atom stereocenters. The number of benzene rings is 2. The molecule has 5 nitrogen and oxygen atoms in total. The molecule has 202 valence electrons. The minimum absolute atomic E-state index is 0.151. The lowest BCUT2D eigenvalue weighted by Gasteiger charge is -2.15. The van der Waals surface area contributed by atoms with Gasteiger partial charge in [0.2, 0.25) is 0 Å². The van der Waals surface area contributed by atoms with E-state index >= 15 is 0 Å². The number of rotatable bonds is 10. The lowest BCUT2D eigenvalue weighted by atomic mass is 9.91. The number of nitrogens with zero attached hydrogens (tertiary/aromatic N) is 4. The van der Waals surface area contributed by atoms with Gasteiger partial charge in [0, 0.05) is 30.1 Å². The van der Waals surface area contributed by atoms with Crippen molar-refractivity contribution < 1.29 is 13.6 Å². The largest absolute Gasteiger partial charge is 0.303 e. The molecule has 0 aliphatic heterocycles. The van der Waals surface area contributed by atoms with Gasteiger partial charge in [0.05, 0.1) is 17.8 Å². The van der Waals surface area contributed by atoms with Crippen molar-refractivity contribution in [1.82, 2.24) is 19.7 Å². The molecule has 1 fully saturated rings. The summed E-state index contributed by atoms with van der Waals surface area (Å²) in [5.74, 6) is 1.40. The zero-order valence-corrected chi connectivity index (χ0v) is 22.1. The minimum atomic E-state index is -0.324. The van der Waals surface area contributed by atoms with Crippen molar-refractivity contribution in [1.29, 1.82) is 0 Å². The molecular formula is C32H34F2N4O. The third-order valence-corrected chi connectivity index (χ3v) is 7.85. The quantitative estimate of drug-likeness (QED) is 0.202. The highest BCUT2D eigenvalue weighted by Crippen LogP contribution is 2.32. The fourth-order valence-corrected chi connectivity index (χ4v) is 5.61. The molecule has 1 aliphatic rings. The van der Waals surface area contributed by atoms with Crippen LogP contribution in [0, 0.1) is 23.5 Å². The van der Waals surface area contributed by atoms with Crippen LogP contribution in [0.4, 0.5) is 8.78 Å². The number of aryl methyl sites for hydroxylation is 1. The Kier molecular flexibility index (Phi) is 8.86. The molecule has 2 aromatic carbocycles. The first-order valence-electron chi connectivity index (χ1n) is 13.9. The van der Waals surface area contributed by atoms with E-state index in [-0.39, 0.29) is 23.8 Å². The number of carbonyl (C=O) groups excluding carboxylic acids is 1. The molecule has 0 saturated heterocycles. The number of Topliss-reactive ketones (excluding diaryl/α,β-unsaturated/α-hetero) is 1. The van der Waals surface area contributed by atoms with Gasteiger partial charge in [-0.3, -0.25) is 4.79 Å². The highest BCUT2D eigenvalue weighted by Gasteiger charge is 2.21. The predicted molar refractivity (Wildman–Crippen MR) is 147 cm³/mol. The van der Waals surface area contributed by atoms with Crippen LogP contribution in [0.1, 0.15) is 62.9 Å². The predicted octanol–water partition coefficient (Wildman–Crippen LogP) is 7.33. The normalized spacial score (nSPS) is 17.6. The van der Waals surface area contributed by atoms with Crippen LogP contribution in [0.5, 0.6) is 0 Å². The average molecular weight is 529 g/mol. The number of hydrogen-bond acceptors (Lipinski definition) is 4. The number of hydrogen-bond donors (Lipinski definition) is 0. The second kappa shape index (κ2) is 12.9.